The Morgan fingerprint density at radius 2 is 1.43 bits per heavy atom. The van der Waals surface area contributed by atoms with Crippen molar-refractivity contribution in [2.24, 2.45) is 5.41 Å². The monoisotopic (exact) mass is 669 g/mol. The Morgan fingerprint density at radius 1 is 0.816 bits per heavy atom. The van der Waals surface area contributed by atoms with Gasteiger partial charge in [0.05, 0.1) is 13.0 Å². The fraction of sp³-hybridized carbons (Fsp3) is 0.405. The van der Waals surface area contributed by atoms with E-state index in [9.17, 15) is 14.4 Å². The van der Waals surface area contributed by atoms with E-state index in [2.05, 4.69) is 54.8 Å². The minimum atomic E-state index is -1.05. The summed E-state index contributed by atoms with van der Waals surface area (Å²) < 4.78 is 12.3. The highest BCUT2D eigenvalue weighted by Crippen LogP contribution is 2.35. The van der Waals surface area contributed by atoms with E-state index in [0.717, 1.165) is 48.8 Å². The van der Waals surface area contributed by atoms with Gasteiger partial charge in [0.25, 0.3) is 0 Å². The number of aliphatic carboxylic acids is 1. The van der Waals surface area contributed by atoms with E-state index in [-0.39, 0.29) is 32.0 Å². The van der Waals surface area contributed by atoms with Crippen LogP contribution in [0.5, 0.6) is 0 Å². The first kappa shape index (κ1) is 40.7. The Bertz CT molecular complexity index is 1420. The highest BCUT2D eigenvalue weighted by atomic mass is 16.5. The fourth-order valence-electron chi connectivity index (χ4n) is 4.96. The number of carboxylic acid groups (broad SMARTS) is 1. The summed E-state index contributed by atoms with van der Waals surface area (Å²) in [5.74, 6) is -1.82. The van der Waals surface area contributed by atoms with Gasteiger partial charge in [0.2, 0.25) is 5.91 Å². The number of nitrogens with one attached hydrogen (secondary N) is 1. The largest absolute Gasteiger partial charge is 0.481 e. The summed E-state index contributed by atoms with van der Waals surface area (Å²) in [6, 6.07) is 17.5. The molecular weight excluding hydrogens is 614 g/mol. The van der Waals surface area contributed by atoms with Gasteiger partial charge < -0.3 is 19.9 Å². The number of aryl methyl sites for hydroxylation is 1. The van der Waals surface area contributed by atoms with Crippen molar-refractivity contribution in [1.82, 2.24) is 5.32 Å². The number of carbonyl (C=O) groups is 3. The molecule has 0 spiro atoms. The topological polar surface area (TPSA) is 102 Å². The van der Waals surface area contributed by atoms with Crippen LogP contribution in [0.25, 0.3) is 0 Å². The molecule has 0 fully saturated rings. The minimum absolute atomic E-state index is 0.0430. The molecule has 2 rings (SSSR count). The van der Waals surface area contributed by atoms with Crippen molar-refractivity contribution in [3.05, 3.63) is 132 Å². The lowest BCUT2D eigenvalue weighted by molar-refractivity contribution is -0.160. The van der Waals surface area contributed by atoms with Gasteiger partial charge in [-0.1, -0.05) is 136 Å². The standard InChI is InChI=1S/C42H55NO6/c1-5-6-7-8-9-10-11-12-13-14-15-16-17-18-19-23-30-38(46)48-33-42(3,4)40(41(47)43-32-31-37(44)45)49-39(35-27-21-20-22-28-35)36-29-25-24-26-34(36)2/h6-7,9-10,12-13,15-18,20-22,24-29,39-40H,5,8,11,14,19,23,30-33H2,1-4H3,(H,43,47)(H,44,45)/b7-6-,10-9-,13-12-,16-15+,18-17+/t39?,40-/m0/s1. The predicted octanol–water partition coefficient (Wildman–Crippen LogP) is 9.16. The molecule has 2 N–H and O–H groups in total. The summed E-state index contributed by atoms with van der Waals surface area (Å²) in [6.45, 7) is 7.66. The van der Waals surface area contributed by atoms with E-state index in [0.29, 0.717) is 6.42 Å². The van der Waals surface area contributed by atoms with Gasteiger partial charge in [0.1, 0.15) is 12.2 Å². The van der Waals surface area contributed by atoms with E-state index in [1.54, 1.807) is 0 Å². The van der Waals surface area contributed by atoms with Crippen molar-refractivity contribution in [2.75, 3.05) is 13.2 Å². The molecule has 2 atom stereocenters. The van der Waals surface area contributed by atoms with E-state index in [1.807, 2.05) is 93.6 Å². The second-order valence-corrected chi connectivity index (χ2v) is 12.5. The number of ether oxygens (including phenoxy) is 2. The summed E-state index contributed by atoms with van der Waals surface area (Å²) in [7, 11) is 0. The summed E-state index contributed by atoms with van der Waals surface area (Å²) in [5, 5.41) is 11.8. The number of amides is 1. The number of unbranched alkanes of at least 4 members (excludes halogenated alkanes) is 1. The van der Waals surface area contributed by atoms with Crippen LogP contribution < -0.4 is 5.32 Å². The minimum Gasteiger partial charge on any atom is -0.481 e. The highest BCUT2D eigenvalue weighted by Gasteiger charge is 2.40. The van der Waals surface area contributed by atoms with Gasteiger partial charge in [-0.05, 0) is 62.1 Å². The second-order valence-electron chi connectivity index (χ2n) is 12.5. The van der Waals surface area contributed by atoms with Crippen molar-refractivity contribution >= 4 is 17.8 Å². The molecular formula is C42H55NO6. The number of rotatable bonds is 23. The maximum atomic E-state index is 13.5. The van der Waals surface area contributed by atoms with Crippen LogP contribution in [0.3, 0.4) is 0 Å². The molecule has 0 saturated carbocycles. The van der Waals surface area contributed by atoms with Gasteiger partial charge in [-0.15, -0.1) is 0 Å². The highest BCUT2D eigenvalue weighted by molar-refractivity contribution is 5.82. The van der Waals surface area contributed by atoms with Gasteiger partial charge in [-0.25, -0.2) is 0 Å². The summed E-state index contributed by atoms with van der Waals surface area (Å²) in [5.41, 5.74) is 1.84. The van der Waals surface area contributed by atoms with Crippen LogP contribution >= 0.6 is 0 Å². The number of allylic oxidation sites excluding steroid dienone is 10. The van der Waals surface area contributed by atoms with Crippen LogP contribution in [0.2, 0.25) is 0 Å². The lowest BCUT2D eigenvalue weighted by atomic mass is 9.85. The molecule has 0 bridgehead atoms. The Morgan fingerprint density at radius 3 is 2.08 bits per heavy atom. The lowest BCUT2D eigenvalue weighted by Crippen LogP contribution is -2.49. The van der Waals surface area contributed by atoms with Crippen molar-refractivity contribution in [2.45, 2.75) is 91.3 Å². The number of hydrogen-bond donors (Lipinski definition) is 2. The molecule has 2 aromatic rings. The van der Waals surface area contributed by atoms with Crippen molar-refractivity contribution < 1.29 is 29.0 Å². The molecule has 0 saturated heterocycles. The van der Waals surface area contributed by atoms with E-state index >= 15 is 0 Å². The van der Waals surface area contributed by atoms with Crippen molar-refractivity contribution in [3.8, 4) is 0 Å². The summed E-state index contributed by atoms with van der Waals surface area (Å²) in [4.78, 5) is 37.4. The first-order valence-electron chi connectivity index (χ1n) is 17.3. The fourth-order valence-corrected chi connectivity index (χ4v) is 4.96. The molecule has 1 amide bonds. The van der Waals surface area contributed by atoms with Gasteiger partial charge in [-0.3, -0.25) is 14.4 Å². The third kappa shape index (κ3) is 16.9. The third-order valence-electron chi connectivity index (χ3n) is 7.72. The molecule has 0 heterocycles. The zero-order chi connectivity index (χ0) is 35.7. The van der Waals surface area contributed by atoms with Crippen LogP contribution in [-0.2, 0) is 23.9 Å². The molecule has 49 heavy (non-hydrogen) atoms. The van der Waals surface area contributed by atoms with Gasteiger partial charge >= 0.3 is 11.9 Å². The van der Waals surface area contributed by atoms with Gasteiger partial charge in [0, 0.05) is 18.4 Å². The summed E-state index contributed by atoms with van der Waals surface area (Å²) in [6.07, 6.45) is 24.8. The SMILES string of the molecule is CC/C=C\C/C=C\C/C=C\C/C=C/C=C/CCCC(=O)OCC(C)(C)[C@@H](OC(c1ccccc1)c1ccccc1C)C(=O)NCCC(=O)O. The number of carbonyl (C=O) groups excluding carboxylic acids is 2. The zero-order valence-corrected chi connectivity index (χ0v) is 29.7. The molecule has 7 heteroatoms. The normalized spacial score (nSPS) is 13.6. The molecule has 0 aliphatic rings. The quantitative estimate of drug-likeness (QED) is 0.0530. The van der Waals surface area contributed by atoms with Gasteiger partial charge in [-0.2, -0.15) is 0 Å². The molecule has 7 nitrogen and oxygen atoms in total. The first-order chi connectivity index (χ1) is 23.7. The van der Waals surface area contributed by atoms with Crippen LogP contribution in [0, 0.1) is 12.3 Å². The average Bonchev–Trinajstić information content (AvgIpc) is 3.08. The molecule has 0 aliphatic heterocycles. The zero-order valence-electron chi connectivity index (χ0n) is 29.7. The first-order valence-corrected chi connectivity index (χ1v) is 17.3. The van der Waals surface area contributed by atoms with Crippen LogP contribution in [0.4, 0.5) is 0 Å². The number of benzene rings is 2. The Balaban J connectivity index is 1.94. The van der Waals surface area contributed by atoms with Crippen LogP contribution in [-0.4, -0.2) is 42.2 Å². The smallest absolute Gasteiger partial charge is 0.305 e. The summed E-state index contributed by atoms with van der Waals surface area (Å²) >= 11 is 0. The predicted molar refractivity (Wildman–Crippen MR) is 198 cm³/mol. The van der Waals surface area contributed by atoms with E-state index < -0.39 is 29.5 Å². The molecule has 2 aromatic carbocycles. The van der Waals surface area contributed by atoms with Crippen molar-refractivity contribution in [1.29, 1.82) is 0 Å². The second kappa shape index (κ2) is 23.8. The van der Waals surface area contributed by atoms with Gasteiger partial charge in [0.15, 0.2) is 0 Å². The number of esters is 1. The Labute approximate surface area is 293 Å². The van der Waals surface area contributed by atoms with E-state index in [1.165, 1.54) is 0 Å². The number of carboxylic acids is 1. The lowest BCUT2D eigenvalue weighted by Gasteiger charge is -2.36. The molecule has 0 aliphatic carbocycles. The Kier molecular flexibility index (Phi) is 19.7. The third-order valence-corrected chi connectivity index (χ3v) is 7.72. The molecule has 0 radical (unpaired) electrons. The maximum Gasteiger partial charge on any atom is 0.305 e. The maximum absolute atomic E-state index is 13.5. The number of hydrogen-bond acceptors (Lipinski definition) is 5. The van der Waals surface area contributed by atoms with Crippen LogP contribution in [0.1, 0.15) is 94.9 Å². The van der Waals surface area contributed by atoms with E-state index in [4.69, 9.17) is 14.6 Å². The van der Waals surface area contributed by atoms with Crippen molar-refractivity contribution in [3.63, 3.8) is 0 Å². The molecule has 1 unspecified atom stereocenters. The van der Waals surface area contributed by atoms with Crippen LogP contribution in [0.15, 0.2) is 115 Å². The average molecular weight is 670 g/mol. The molecule has 0 aromatic heterocycles. The molecule has 264 valence electrons. The Hall–Kier alpha value is -4.49.